The third-order valence-electron chi connectivity index (χ3n) is 4.74. The van der Waals surface area contributed by atoms with Crippen molar-refractivity contribution in [3.8, 4) is 0 Å². The Morgan fingerprint density at radius 2 is 1.91 bits per heavy atom. The van der Waals surface area contributed by atoms with Crippen molar-refractivity contribution in [3.63, 3.8) is 0 Å². The minimum absolute atomic E-state index is 0. The summed E-state index contributed by atoms with van der Waals surface area (Å²) in [6.07, 6.45) is 0.824. The first kappa shape index (κ1) is 30.5. The molecule has 1 amide bonds. The summed E-state index contributed by atoms with van der Waals surface area (Å²) >= 11 is 5.85. The number of amides is 1. The molecule has 2 radical (unpaired) electrons. The van der Waals surface area contributed by atoms with Crippen LogP contribution >= 0.6 is 11.6 Å². The minimum atomic E-state index is -4.37. The van der Waals surface area contributed by atoms with Gasteiger partial charge in [0.25, 0.3) is 0 Å². The molecule has 33 heavy (non-hydrogen) atoms. The van der Waals surface area contributed by atoms with Crippen LogP contribution in [0.25, 0.3) is 0 Å². The van der Waals surface area contributed by atoms with E-state index in [1.165, 1.54) is 0 Å². The van der Waals surface area contributed by atoms with Crippen LogP contribution in [0.4, 0.5) is 10.6 Å². The van der Waals surface area contributed by atoms with Crippen molar-refractivity contribution in [1.29, 1.82) is 0 Å². The number of halogens is 1. The summed E-state index contributed by atoms with van der Waals surface area (Å²) in [6, 6.07) is 2.44. The Balaban J connectivity index is 0.00000272. The van der Waals surface area contributed by atoms with Crippen LogP contribution < -0.4 is 10.5 Å². The van der Waals surface area contributed by atoms with Crippen molar-refractivity contribution in [1.82, 2.24) is 14.3 Å². The van der Waals surface area contributed by atoms with Gasteiger partial charge in [-0.1, -0.05) is 0 Å². The Kier molecular flexibility index (Phi) is 10.2. The van der Waals surface area contributed by atoms with Gasteiger partial charge in [-0.2, -0.15) is 35.3 Å². The van der Waals surface area contributed by atoms with E-state index < -0.39 is 45.8 Å². The van der Waals surface area contributed by atoms with Gasteiger partial charge >= 0.3 is 16.3 Å². The third-order valence-corrected chi connectivity index (χ3v) is 5.83. The number of rotatable bonds is 5. The zero-order valence-electron chi connectivity index (χ0n) is 18.5. The van der Waals surface area contributed by atoms with Crippen LogP contribution in [-0.2, 0) is 63.4 Å². The second-order valence-electron chi connectivity index (χ2n) is 8.96. The van der Waals surface area contributed by atoms with Crippen molar-refractivity contribution in [3.05, 3.63) is 17.5 Å². The van der Waals surface area contributed by atoms with Crippen molar-refractivity contribution in [2.24, 2.45) is 11.1 Å². The average Bonchev–Trinajstić information content (AvgIpc) is 3.04. The number of hydrogen-bond acceptors (Lipinski definition) is 9. The number of nitrogens with one attached hydrogen (secondary N) is 1. The van der Waals surface area contributed by atoms with Crippen LogP contribution in [0.1, 0.15) is 41.0 Å². The van der Waals surface area contributed by atoms with Gasteiger partial charge in [0.2, 0.25) is 0 Å². The van der Waals surface area contributed by atoms with E-state index in [0.717, 1.165) is 0 Å². The molecule has 1 aromatic rings. The van der Waals surface area contributed by atoms with Gasteiger partial charge in [0.1, 0.15) is 11.7 Å². The Morgan fingerprint density at radius 3 is 2.45 bits per heavy atom. The molecule has 1 saturated carbocycles. The second kappa shape index (κ2) is 11.1. The summed E-state index contributed by atoms with van der Waals surface area (Å²) in [6.45, 7) is 8.18. The predicted octanol–water partition coefficient (Wildman–Crippen LogP) is 1.49. The molecule has 0 aromatic carbocycles. The topological polar surface area (TPSA) is 146 Å². The monoisotopic (exact) mass is 681 g/mol. The molecular formula is C18H26ClN5O6Rh2S-2. The van der Waals surface area contributed by atoms with E-state index >= 15 is 0 Å². The molecule has 3 rings (SSSR count). The van der Waals surface area contributed by atoms with Gasteiger partial charge < -0.3 is 35.6 Å². The van der Waals surface area contributed by atoms with Crippen LogP contribution in [0.15, 0.2) is 0 Å². The first-order valence-electron chi connectivity index (χ1n) is 9.63. The molecule has 192 valence electrons. The number of carbonyl (C=O) groups is 1. The molecule has 15 heteroatoms. The summed E-state index contributed by atoms with van der Waals surface area (Å²) in [7, 11) is -4.37. The largest absolute Gasteiger partial charge is 0.533 e. The van der Waals surface area contributed by atoms with E-state index in [4.69, 9.17) is 31.0 Å². The number of ether oxygens (including phenoxy) is 3. The number of aromatic nitrogens is 2. The predicted molar refractivity (Wildman–Crippen MR) is 110 cm³/mol. The van der Waals surface area contributed by atoms with Crippen LogP contribution in [0, 0.1) is 18.3 Å². The summed E-state index contributed by atoms with van der Waals surface area (Å²) in [5.74, 6) is -1.00. The normalized spacial score (nSPS) is 25.9. The fraction of sp³-hybridized carbons (Fsp3) is 0.722. The number of nitrogens with two attached hydrogens (primary N) is 1. The van der Waals surface area contributed by atoms with Gasteiger partial charge in [-0.05, 0) is 41.0 Å². The van der Waals surface area contributed by atoms with E-state index in [9.17, 15) is 13.2 Å². The van der Waals surface area contributed by atoms with Crippen LogP contribution in [0.2, 0.25) is 5.15 Å². The third kappa shape index (κ3) is 8.02. The fourth-order valence-corrected chi connectivity index (χ4v) is 4.50. The Bertz CT molecular complexity index is 948. The van der Waals surface area contributed by atoms with Crippen molar-refractivity contribution in [2.45, 2.75) is 70.7 Å². The molecule has 0 spiro atoms. The van der Waals surface area contributed by atoms with Gasteiger partial charge in [-0.15, -0.1) is 0 Å². The summed E-state index contributed by atoms with van der Waals surface area (Å²) in [4.78, 5) is 20.2. The SMILES string of the molecule is CC(C)(C)OC(=O)N(C[C@H]1C[C@@H](Nc2[c-]c(Cl)n[c-]n2)[C@@H]2OC(C)(C)O[C@H]12)S(N)(=O)=O.[Rh].[Rh]. The second-order valence-corrected chi connectivity index (χ2v) is 10.8. The fourth-order valence-electron chi connectivity index (χ4n) is 3.73. The summed E-state index contributed by atoms with van der Waals surface area (Å²) in [5, 5.41) is 8.56. The maximum Gasteiger partial charge on any atom is 0.425 e. The van der Waals surface area contributed by atoms with E-state index in [1.807, 2.05) is 0 Å². The molecular weight excluding hydrogens is 656 g/mol. The summed E-state index contributed by atoms with van der Waals surface area (Å²) in [5.41, 5.74) is -0.893. The molecule has 0 unspecified atom stereocenters. The molecule has 11 nitrogen and oxygen atoms in total. The van der Waals surface area contributed by atoms with Crippen LogP contribution in [-0.4, -0.2) is 65.0 Å². The summed E-state index contributed by atoms with van der Waals surface area (Å²) < 4.78 is 42.1. The minimum Gasteiger partial charge on any atom is -0.533 e. The molecule has 3 N–H and O–H groups in total. The molecule has 1 aromatic heterocycles. The smallest absolute Gasteiger partial charge is 0.425 e. The molecule has 1 aliphatic carbocycles. The molecule has 1 saturated heterocycles. The molecule has 2 heterocycles. The van der Waals surface area contributed by atoms with Crippen LogP contribution in [0.3, 0.4) is 0 Å². The number of nitrogens with zero attached hydrogens (tertiary/aromatic N) is 3. The van der Waals surface area contributed by atoms with E-state index in [0.29, 0.717) is 16.5 Å². The number of fused-ring (bicyclic) bond motifs is 1. The molecule has 1 aliphatic heterocycles. The zero-order valence-corrected chi connectivity index (χ0v) is 23.4. The molecule has 2 aliphatic rings. The maximum absolute atomic E-state index is 12.5. The van der Waals surface area contributed by atoms with Crippen LogP contribution in [0.5, 0.6) is 0 Å². The van der Waals surface area contributed by atoms with E-state index in [1.54, 1.807) is 34.6 Å². The maximum atomic E-state index is 12.5. The Morgan fingerprint density at radius 1 is 1.30 bits per heavy atom. The number of carbonyl (C=O) groups excluding carboxylic acids is 1. The average molecular weight is 682 g/mol. The van der Waals surface area contributed by atoms with E-state index in [-0.39, 0.29) is 56.7 Å². The molecule has 0 bridgehead atoms. The van der Waals surface area contributed by atoms with Gasteiger partial charge in [0, 0.05) is 63.8 Å². The number of hydrogen-bond donors (Lipinski definition) is 2. The van der Waals surface area contributed by atoms with Gasteiger partial charge in [0.15, 0.2) is 5.79 Å². The zero-order chi connectivity index (χ0) is 23.2. The molecule has 2 fully saturated rings. The first-order chi connectivity index (χ1) is 14.1. The van der Waals surface area contributed by atoms with Gasteiger partial charge in [-0.3, -0.25) is 0 Å². The van der Waals surface area contributed by atoms with Crippen molar-refractivity contribution >= 4 is 33.7 Å². The van der Waals surface area contributed by atoms with E-state index in [2.05, 4.69) is 27.7 Å². The van der Waals surface area contributed by atoms with Gasteiger partial charge in [0.05, 0.1) is 6.10 Å². The van der Waals surface area contributed by atoms with Crippen molar-refractivity contribution in [2.75, 3.05) is 11.9 Å². The van der Waals surface area contributed by atoms with Crippen molar-refractivity contribution < 1.29 is 66.4 Å². The quantitative estimate of drug-likeness (QED) is 0.268. The Labute approximate surface area is 224 Å². The molecule has 4 atom stereocenters. The first-order valence-corrected chi connectivity index (χ1v) is 11.5. The van der Waals surface area contributed by atoms with Gasteiger partial charge in [-0.25, -0.2) is 9.93 Å². The standard InChI is InChI=1S/C18H26ClN5O6S.2Rh/c1-17(2,3)30-16(25)24(31(20,26)27)8-10-6-11(15-14(10)28-18(4,5)29-15)23-13-7-12(19)21-9-22-13;;/h10-11,14-15H,6,8H2,1-5H3,(H2,20,26,27)(H,21,22,23);;/q-2;;/t10-,11-,14-,15+;;/m1../s1. The Hall–Kier alpha value is -0.483. The number of anilines is 1.